The van der Waals surface area contributed by atoms with Crippen molar-refractivity contribution in [2.45, 2.75) is 63.7 Å². The Morgan fingerprint density at radius 1 is 1.30 bits per heavy atom. The van der Waals surface area contributed by atoms with Gasteiger partial charge in [0, 0.05) is 19.3 Å². The van der Waals surface area contributed by atoms with Gasteiger partial charge in [-0.2, -0.15) is 0 Å². The van der Waals surface area contributed by atoms with E-state index in [4.69, 9.17) is 13.0 Å². The lowest BCUT2D eigenvalue weighted by Gasteiger charge is -2.52. The first-order valence-electron chi connectivity index (χ1n) is 10.5. The summed E-state index contributed by atoms with van der Waals surface area (Å²) in [6.45, 7) is -1.72. The lowest BCUT2D eigenvalue weighted by molar-refractivity contribution is -0.205. The Labute approximate surface area is 131 Å². The highest BCUT2D eigenvalue weighted by atomic mass is 16.5. The van der Waals surface area contributed by atoms with E-state index < -0.39 is 31.2 Å². The lowest BCUT2D eigenvalue weighted by atomic mass is 9.71. The van der Waals surface area contributed by atoms with E-state index in [1.165, 1.54) is 6.92 Å². The molecule has 0 aromatic heterocycles. The van der Waals surface area contributed by atoms with Crippen molar-refractivity contribution in [2.24, 2.45) is 0 Å². The Hall–Kier alpha value is -0.860. The fraction of sp³-hybridized carbons (Fsp3) is 0.667. The van der Waals surface area contributed by atoms with Crippen LogP contribution in [0.15, 0.2) is 24.3 Å². The molecule has 2 aliphatic rings. The molecule has 1 aliphatic carbocycles. The number of ether oxygens (including phenoxy) is 1. The van der Waals surface area contributed by atoms with Gasteiger partial charge in [-0.3, -0.25) is 4.90 Å². The highest BCUT2D eigenvalue weighted by Crippen LogP contribution is 2.46. The SMILES string of the molecule is [2H]C([2H])([2H])N1C([2H])(C)OC2(CCCCC2)C(c2ccc(C)cc2)C1([2H])[2H]. The summed E-state index contributed by atoms with van der Waals surface area (Å²) < 4.78 is 55.9. The Balaban J connectivity index is 2.18. The third-order valence-corrected chi connectivity index (χ3v) is 4.56. The third kappa shape index (κ3) is 2.51. The van der Waals surface area contributed by atoms with Crippen molar-refractivity contribution < 1.29 is 13.0 Å². The molecular weight excluding hydrogens is 246 g/mol. The van der Waals surface area contributed by atoms with Gasteiger partial charge in [0.2, 0.25) is 0 Å². The average molecular weight is 279 g/mol. The molecule has 0 N–H and O–H groups in total. The number of hydrogen-bond acceptors (Lipinski definition) is 2. The van der Waals surface area contributed by atoms with Crippen LogP contribution in [0.25, 0.3) is 0 Å². The van der Waals surface area contributed by atoms with E-state index in [0.29, 0.717) is 17.7 Å². The molecule has 20 heavy (non-hydrogen) atoms. The van der Waals surface area contributed by atoms with Crippen LogP contribution in [0.1, 0.15) is 64.3 Å². The number of hydrogen-bond donors (Lipinski definition) is 0. The first kappa shape index (κ1) is 8.55. The Bertz CT molecular complexity index is 649. The molecule has 1 aliphatic heterocycles. The summed E-state index contributed by atoms with van der Waals surface area (Å²) in [5, 5.41) is 0. The van der Waals surface area contributed by atoms with Crippen molar-refractivity contribution in [3.63, 3.8) is 0 Å². The number of rotatable bonds is 1. The average Bonchev–Trinajstić information content (AvgIpc) is 2.46. The minimum atomic E-state index is -2.78. The fourth-order valence-corrected chi connectivity index (χ4v) is 3.41. The van der Waals surface area contributed by atoms with Crippen molar-refractivity contribution in [1.82, 2.24) is 4.90 Å². The van der Waals surface area contributed by atoms with Gasteiger partial charge in [-0.05, 0) is 39.2 Å². The van der Waals surface area contributed by atoms with Gasteiger partial charge in [0.25, 0.3) is 0 Å². The van der Waals surface area contributed by atoms with E-state index in [2.05, 4.69) is 0 Å². The molecule has 1 aromatic rings. The van der Waals surface area contributed by atoms with Gasteiger partial charge in [-0.1, -0.05) is 49.1 Å². The fourth-order valence-electron chi connectivity index (χ4n) is 3.41. The van der Waals surface area contributed by atoms with E-state index in [9.17, 15) is 0 Å². The van der Waals surface area contributed by atoms with E-state index in [1.807, 2.05) is 31.2 Å². The van der Waals surface area contributed by atoms with Crippen LogP contribution in [0.2, 0.25) is 0 Å². The molecule has 1 aromatic carbocycles. The molecular formula is C18H27NO. The number of nitrogens with zero attached hydrogens (tertiary/aromatic N) is 1. The molecule has 1 heterocycles. The Kier molecular flexibility index (Phi) is 2.35. The molecule has 2 unspecified atom stereocenters. The standard InChI is InChI=1S/C18H27NO/c1-14-7-9-16(10-8-14)17-13-19(3)15(2)20-18(17)11-5-4-6-12-18/h7-10,15,17H,4-6,11-13H2,1-3H3/i3D3,13D2,15D. The van der Waals surface area contributed by atoms with E-state index in [-0.39, 0.29) is 0 Å². The predicted molar refractivity (Wildman–Crippen MR) is 82.9 cm³/mol. The highest BCUT2D eigenvalue weighted by Gasteiger charge is 2.46. The van der Waals surface area contributed by atoms with Crippen LogP contribution >= 0.6 is 0 Å². The van der Waals surface area contributed by atoms with E-state index >= 15 is 0 Å². The second kappa shape index (κ2) is 5.50. The van der Waals surface area contributed by atoms with Gasteiger partial charge in [-0.15, -0.1) is 0 Å². The maximum absolute atomic E-state index is 8.84. The minimum Gasteiger partial charge on any atom is -0.356 e. The van der Waals surface area contributed by atoms with Gasteiger partial charge in [0.05, 0.1) is 6.97 Å². The maximum atomic E-state index is 8.84. The number of likely N-dealkylation sites (N-methyl/N-ethyl adjacent to an activating group) is 1. The molecule has 3 rings (SSSR count). The molecule has 1 saturated heterocycles. The monoisotopic (exact) mass is 279 g/mol. The summed E-state index contributed by atoms with van der Waals surface area (Å²) in [5.74, 6) is -0.769. The van der Waals surface area contributed by atoms with E-state index in [0.717, 1.165) is 30.4 Å². The molecule has 2 heteroatoms. The minimum absolute atomic E-state index is 0.622. The second-order valence-electron chi connectivity index (χ2n) is 6.05. The maximum Gasteiger partial charge on any atom is 0.108 e. The first-order valence-corrected chi connectivity index (χ1v) is 7.47. The first-order chi connectivity index (χ1) is 11.9. The number of aryl methyl sites for hydroxylation is 1. The zero-order valence-electron chi connectivity index (χ0n) is 18.3. The lowest BCUT2D eigenvalue weighted by Crippen LogP contribution is -2.55. The summed E-state index contributed by atoms with van der Waals surface area (Å²) in [7, 11) is 0. The van der Waals surface area contributed by atoms with Crippen LogP contribution in [0, 0.1) is 6.92 Å². The van der Waals surface area contributed by atoms with Gasteiger partial charge in [0.1, 0.15) is 6.20 Å². The quantitative estimate of drug-likeness (QED) is 0.767. The molecule has 2 nitrogen and oxygen atoms in total. The molecule has 0 bridgehead atoms. The van der Waals surface area contributed by atoms with Gasteiger partial charge in [0.15, 0.2) is 0 Å². The van der Waals surface area contributed by atoms with Crippen molar-refractivity contribution in [1.29, 1.82) is 0 Å². The summed E-state index contributed by atoms with van der Waals surface area (Å²) in [5.41, 5.74) is 0.920. The van der Waals surface area contributed by atoms with Crippen molar-refractivity contribution >= 4 is 0 Å². The Morgan fingerprint density at radius 2 is 2.00 bits per heavy atom. The highest BCUT2D eigenvalue weighted by molar-refractivity contribution is 5.28. The van der Waals surface area contributed by atoms with Crippen molar-refractivity contribution in [3.8, 4) is 0 Å². The van der Waals surface area contributed by atoms with Crippen LogP contribution in [0.3, 0.4) is 0 Å². The third-order valence-electron chi connectivity index (χ3n) is 4.56. The topological polar surface area (TPSA) is 12.5 Å². The molecule has 2 atom stereocenters. The van der Waals surface area contributed by atoms with Crippen molar-refractivity contribution in [3.05, 3.63) is 35.4 Å². The normalized spacial score (nSPS) is 41.8. The zero-order valence-corrected chi connectivity index (χ0v) is 12.3. The van der Waals surface area contributed by atoms with Crippen molar-refractivity contribution in [2.75, 3.05) is 13.5 Å². The van der Waals surface area contributed by atoms with Crippen LogP contribution < -0.4 is 0 Å². The molecule has 1 saturated carbocycles. The molecule has 2 fully saturated rings. The van der Waals surface area contributed by atoms with Crippen LogP contribution in [0.4, 0.5) is 0 Å². The van der Waals surface area contributed by atoms with E-state index in [1.54, 1.807) is 0 Å². The molecule has 0 radical (unpaired) electrons. The van der Waals surface area contributed by atoms with Crippen LogP contribution in [0.5, 0.6) is 0 Å². The second-order valence-corrected chi connectivity index (χ2v) is 6.05. The predicted octanol–water partition coefficient (Wildman–Crippen LogP) is 4.09. The largest absolute Gasteiger partial charge is 0.356 e. The summed E-state index contributed by atoms with van der Waals surface area (Å²) >= 11 is 0. The smallest absolute Gasteiger partial charge is 0.108 e. The number of benzene rings is 1. The molecule has 0 amide bonds. The Morgan fingerprint density at radius 3 is 2.65 bits per heavy atom. The van der Waals surface area contributed by atoms with Gasteiger partial charge < -0.3 is 4.74 Å². The van der Waals surface area contributed by atoms with Crippen LogP contribution in [-0.2, 0) is 4.74 Å². The molecule has 1 spiro atoms. The summed E-state index contributed by atoms with van der Waals surface area (Å²) in [6.07, 6.45) is 2.13. The van der Waals surface area contributed by atoms with Crippen LogP contribution in [-0.4, -0.2) is 30.2 Å². The molecule has 110 valence electrons. The van der Waals surface area contributed by atoms with Gasteiger partial charge in [-0.25, -0.2) is 0 Å². The summed E-state index contributed by atoms with van der Waals surface area (Å²) in [4.78, 5) is 0.622. The summed E-state index contributed by atoms with van der Waals surface area (Å²) in [6, 6.07) is 7.55. The zero-order chi connectivity index (χ0) is 19.4. The van der Waals surface area contributed by atoms with Gasteiger partial charge >= 0.3 is 0 Å².